The molecule has 3 nitrogen and oxygen atoms in total. The van der Waals surface area contributed by atoms with Crippen LogP contribution in [0.15, 0.2) is 12.2 Å². The van der Waals surface area contributed by atoms with Gasteiger partial charge in [0, 0.05) is 0 Å². The van der Waals surface area contributed by atoms with Crippen molar-refractivity contribution < 1.29 is 14.3 Å². The van der Waals surface area contributed by atoms with Crippen molar-refractivity contribution in [3.05, 3.63) is 12.2 Å². The quantitative estimate of drug-likeness (QED) is 0.568. The Morgan fingerprint density at radius 3 is 2.68 bits per heavy atom. The van der Waals surface area contributed by atoms with E-state index in [1.807, 2.05) is 6.92 Å². The highest BCUT2D eigenvalue weighted by atomic mass is 16.5. The van der Waals surface area contributed by atoms with Crippen molar-refractivity contribution >= 4 is 5.97 Å². The van der Waals surface area contributed by atoms with Crippen LogP contribution in [0, 0.1) is 17.8 Å². The summed E-state index contributed by atoms with van der Waals surface area (Å²) in [6, 6.07) is 0. The summed E-state index contributed by atoms with van der Waals surface area (Å²) in [5, 5.41) is 0. The standard InChI is InChI=1S/C16H26O3/c1-11-7-9-16(10-8-11)12(2)5-6-14(19-16)13(3)15(17)18-4/h7,9,11-14H,5-6,8,10H2,1-4H3/t11?,12-,13?,14?,16?/m0/s1. The first-order chi connectivity index (χ1) is 8.98. The molecule has 0 aromatic rings. The van der Waals surface area contributed by atoms with Crippen LogP contribution in [0.2, 0.25) is 0 Å². The second-order valence-corrected chi connectivity index (χ2v) is 6.28. The van der Waals surface area contributed by atoms with E-state index in [0.29, 0.717) is 11.8 Å². The second-order valence-electron chi connectivity index (χ2n) is 6.28. The Morgan fingerprint density at radius 2 is 2.11 bits per heavy atom. The maximum atomic E-state index is 11.7. The molecule has 0 radical (unpaired) electrons. The van der Waals surface area contributed by atoms with Crippen LogP contribution in [0.5, 0.6) is 0 Å². The van der Waals surface area contributed by atoms with E-state index in [9.17, 15) is 4.79 Å². The monoisotopic (exact) mass is 266 g/mol. The molecule has 1 heterocycles. The predicted molar refractivity (Wildman–Crippen MR) is 74.7 cm³/mol. The van der Waals surface area contributed by atoms with Crippen molar-refractivity contribution in [2.24, 2.45) is 17.8 Å². The van der Waals surface area contributed by atoms with Crippen molar-refractivity contribution in [1.29, 1.82) is 0 Å². The molecule has 3 heteroatoms. The van der Waals surface area contributed by atoms with Gasteiger partial charge in [0.25, 0.3) is 0 Å². The second kappa shape index (κ2) is 5.66. The zero-order valence-corrected chi connectivity index (χ0v) is 12.5. The summed E-state index contributed by atoms with van der Waals surface area (Å²) >= 11 is 0. The van der Waals surface area contributed by atoms with Gasteiger partial charge in [-0.2, -0.15) is 0 Å². The maximum absolute atomic E-state index is 11.7. The van der Waals surface area contributed by atoms with Crippen molar-refractivity contribution in [3.63, 3.8) is 0 Å². The largest absolute Gasteiger partial charge is 0.469 e. The highest BCUT2D eigenvalue weighted by Gasteiger charge is 2.44. The van der Waals surface area contributed by atoms with Crippen molar-refractivity contribution in [3.8, 4) is 0 Å². The molecule has 1 spiro atoms. The van der Waals surface area contributed by atoms with Gasteiger partial charge in [0.2, 0.25) is 0 Å². The third-order valence-corrected chi connectivity index (χ3v) is 4.92. The lowest BCUT2D eigenvalue weighted by Gasteiger charge is -2.47. The number of carbonyl (C=O) groups is 1. The number of methoxy groups -OCH3 is 1. The van der Waals surface area contributed by atoms with Gasteiger partial charge in [-0.1, -0.05) is 26.0 Å². The van der Waals surface area contributed by atoms with E-state index in [1.165, 1.54) is 13.5 Å². The molecule has 1 fully saturated rings. The molecule has 5 atom stereocenters. The van der Waals surface area contributed by atoms with E-state index in [1.54, 1.807) is 0 Å². The number of esters is 1. The molecule has 1 aliphatic carbocycles. The minimum absolute atomic E-state index is 0.0123. The van der Waals surface area contributed by atoms with Gasteiger partial charge in [-0.15, -0.1) is 0 Å². The van der Waals surface area contributed by atoms with E-state index in [4.69, 9.17) is 9.47 Å². The SMILES string of the molecule is COC(=O)C(C)C1CC[C@H](C)C2(C=CC(C)CC2)O1. The average molecular weight is 266 g/mol. The fourth-order valence-corrected chi connectivity index (χ4v) is 3.27. The van der Waals surface area contributed by atoms with Crippen LogP contribution in [0.1, 0.15) is 46.5 Å². The normalized spacial score (nSPS) is 40.1. The third-order valence-electron chi connectivity index (χ3n) is 4.92. The molecule has 108 valence electrons. The van der Waals surface area contributed by atoms with Gasteiger partial charge in [-0.05, 0) is 44.4 Å². The Kier molecular flexibility index (Phi) is 4.34. The predicted octanol–water partition coefficient (Wildman–Crippen LogP) is 3.34. The van der Waals surface area contributed by atoms with Gasteiger partial charge in [0.1, 0.15) is 0 Å². The lowest BCUT2D eigenvalue weighted by atomic mass is 9.73. The zero-order valence-electron chi connectivity index (χ0n) is 12.5. The van der Waals surface area contributed by atoms with E-state index < -0.39 is 0 Å². The minimum atomic E-state index is -0.179. The van der Waals surface area contributed by atoms with E-state index in [2.05, 4.69) is 26.0 Å². The number of hydrogen-bond donors (Lipinski definition) is 0. The van der Waals surface area contributed by atoms with Crippen LogP contribution in [0.4, 0.5) is 0 Å². The summed E-state index contributed by atoms with van der Waals surface area (Å²) in [7, 11) is 1.45. The minimum Gasteiger partial charge on any atom is -0.469 e. The molecule has 0 aromatic carbocycles. The Labute approximate surface area is 116 Å². The van der Waals surface area contributed by atoms with Crippen LogP contribution in [0.25, 0.3) is 0 Å². The fourth-order valence-electron chi connectivity index (χ4n) is 3.27. The number of hydrogen-bond acceptors (Lipinski definition) is 3. The van der Waals surface area contributed by atoms with E-state index >= 15 is 0 Å². The highest BCUT2D eigenvalue weighted by molar-refractivity contribution is 5.72. The van der Waals surface area contributed by atoms with Crippen LogP contribution < -0.4 is 0 Å². The molecule has 0 amide bonds. The topological polar surface area (TPSA) is 35.5 Å². The number of ether oxygens (including phenoxy) is 2. The molecule has 0 aromatic heterocycles. The van der Waals surface area contributed by atoms with Gasteiger partial charge in [0.05, 0.1) is 24.7 Å². The first kappa shape index (κ1) is 14.6. The Bertz CT molecular complexity index is 363. The van der Waals surface area contributed by atoms with Crippen LogP contribution in [-0.2, 0) is 14.3 Å². The van der Waals surface area contributed by atoms with Crippen LogP contribution >= 0.6 is 0 Å². The van der Waals surface area contributed by atoms with Crippen molar-refractivity contribution in [2.75, 3.05) is 7.11 Å². The first-order valence-electron chi connectivity index (χ1n) is 7.43. The van der Waals surface area contributed by atoms with Gasteiger partial charge < -0.3 is 9.47 Å². The third kappa shape index (κ3) is 2.86. The summed E-state index contributed by atoms with van der Waals surface area (Å²) < 4.78 is 11.2. The molecule has 0 bridgehead atoms. The van der Waals surface area contributed by atoms with E-state index in [0.717, 1.165) is 19.3 Å². The Hall–Kier alpha value is -0.830. The zero-order chi connectivity index (χ0) is 14.0. The highest BCUT2D eigenvalue weighted by Crippen LogP contribution is 2.43. The Balaban J connectivity index is 2.12. The van der Waals surface area contributed by atoms with E-state index in [-0.39, 0.29) is 23.6 Å². The molecule has 4 unspecified atom stereocenters. The summed E-state index contributed by atoms with van der Waals surface area (Å²) in [6.45, 7) is 6.42. The maximum Gasteiger partial charge on any atom is 0.311 e. The lowest BCUT2D eigenvalue weighted by Crippen LogP contribution is -2.49. The smallest absolute Gasteiger partial charge is 0.311 e. The average Bonchev–Trinajstić information content (AvgIpc) is 2.43. The first-order valence-corrected chi connectivity index (χ1v) is 7.43. The summed E-state index contributed by atoms with van der Waals surface area (Å²) in [5.74, 6) is 0.821. The molecular formula is C16H26O3. The molecular weight excluding hydrogens is 240 g/mol. The molecule has 0 N–H and O–H groups in total. The fraction of sp³-hybridized carbons (Fsp3) is 0.812. The number of carbonyl (C=O) groups excluding carboxylic acids is 1. The molecule has 1 saturated heterocycles. The molecule has 2 aliphatic rings. The van der Waals surface area contributed by atoms with Gasteiger partial charge in [-0.25, -0.2) is 0 Å². The van der Waals surface area contributed by atoms with Gasteiger partial charge >= 0.3 is 5.97 Å². The number of allylic oxidation sites excluding steroid dienone is 1. The van der Waals surface area contributed by atoms with Crippen molar-refractivity contribution in [1.82, 2.24) is 0 Å². The van der Waals surface area contributed by atoms with Crippen molar-refractivity contribution in [2.45, 2.75) is 58.2 Å². The number of rotatable bonds is 2. The van der Waals surface area contributed by atoms with Crippen LogP contribution in [0.3, 0.4) is 0 Å². The molecule has 0 saturated carbocycles. The molecule has 1 aliphatic heterocycles. The van der Waals surface area contributed by atoms with Gasteiger partial charge in [0.15, 0.2) is 0 Å². The summed E-state index contributed by atoms with van der Waals surface area (Å²) in [5.41, 5.74) is -0.155. The van der Waals surface area contributed by atoms with Crippen LogP contribution in [-0.4, -0.2) is 24.8 Å². The molecule has 2 rings (SSSR count). The Morgan fingerprint density at radius 1 is 1.37 bits per heavy atom. The van der Waals surface area contributed by atoms with Gasteiger partial charge in [-0.3, -0.25) is 4.79 Å². The molecule has 19 heavy (non-hydrogen) atoms. The summed E-state index contributed by atoms with van der Waals surface area (Å²) in [6.07, 6.45) is 8.80. The summed E-state index contributed by atoms with van der Waals surface area (Å²) in [4.78, 5) is 11.7. The lowest BCUT2D eigenvalue weighted by molar-refractivity contribution is -0.174.